The quantitative estimate of drug-likeness (QED) is 0.611. The zero-order valence-electron chi connectivity index (χ0n) is 17.5. The van der Waals surface area contributed by atoms with Gasteiger partial charge in [0.15, 0.2) is 0 Å². The Bertz CT molecular complexity index is 1030. The molecule has 0 aliphatic heterocycles. The molecule has 0 fully saturated rings. The predicted octanol–water partition coefficient (Wildman–Crippen LogP) is 2.45. The van der Waals surface area contributed by atoms with E-state index < -0.39 is 34.3 Å². The molecular formula is C21H25ClFN3O4S. The maximum atomic E-state index is 13.5. The standard InChI is InChI=1S/C21H25ClFN3O4S/c1-15(21(28)24-2)25(12-11-16-7-5-4-6-8-16)20(27)14-26(31(3,29)30)17-9-10-19(23)18(22)13-17/h4-10,13,15H,11-12,14H2,1-3H3,(H,24,28). The van der Waals surface area contributed by atoms with Crippen LogP contribution >= 0.6 is 11.6 Å². The number of amides is 2. The molecule has 1 N–H and O–H groups in total. The molecule has 0 radical (unpaired) electrons. The van der Waals surface area contributed by atoms with E-state index in [0.717, 1.165) is 28.3 Å². The Hall–Kier alpha value is -2.65. The molecule has 0 aromatic heterocycles. The van der Waals surface area contributed by atoms with Crippen LogP contribution in [0.1, 0.15) is 12.5 Å². The normalized spacial score (nSPS) is 12.2. The summed E-state index contributed by atoms with van der Waals surface area (Å²) in [5.74, 6) is -1.65. The fourth-order valence-electron chi connectivity index (χ4n) is 3.03. The summed E-state index contributed by atoms with van der Waals surface area (Å²) < 4.78 is 39.1. The fourth-order valence-corrected chi connectivity index (χ4v) is 4.05. The molecule has 0 heterocycles. The van der Waals surface area contributed by atoms with Gasteiger partial charge in [-0.3, -0.25) is 13.9 Å². The molecule has 0 bridgehead atoms. The first-order valence-corrected chi connectivity index (χ1v) is 11.7. The van der Waals surface area contributed by atoms with Gasteiger partial charge in [0.05, 0.1) is 17.0 Å². The van der Waals surface area contributed by atoms with E-state index >= 15 is 0 Å². The van der Waals surface area contributed by atoms with Gasteiger partial charge in [-0.2, -0.15) is 0 Å². The molecular weight excluding hydrogens is 445 g/mol. The average molecular weight is 470 g/mol. The largest absolute Gasteiger partial charge is 0.357 e. The minimum atomic E-state index is -3.89. The predicted molar refractivity (Wildman–Crippen MR) is 119 cm³/mol. The first kappa shape index (κ1) is 24.6. The van der Waals surface area contributed by atoms with E-state index in [-0.39, 0.29) is 23.2 Å². The van der Waals surface area contributed by atoms with Crippen LogP contribution in [0.25, 0.3) is 0 Å². The summed E-state index contributed by atoms with van der Waals surface area (Å²) in [6.07, 6.45) is 1.42. The second kappa shape index (κ2) is 10.6. The van der Waals surface area contributed by atoms with Crippen LogP contribution in [0, 0.1) is 5.82 Å². The Morgan fingerprint density at radius 2 is 1.81 bits per heavy atom. The summed E-state index contributed by atoms with van der Waals surface area (Å²) in [7, 11) is -2.43. The van der Waals surface area contributed by atoms with Gasteiger partial charge in [0.2, 0.25) is 21.8 Å². The minimum Gasteiger partial charge on any atom is -0.357 e. The molecule has 7 nitrogen and oxygen atoms in total. The number of carbonyl (C=O) groups excluding carboxylic acids is 2. The molecule has 0 saturated carbocycles. The molecule has 2 amide bonds. The van der Waals surface area contributed by atoms with Gasteiger partial charge in [-0.15, -0.1) is 0 Å². The number of rotatable bonds is 9. The number of nitrogens with zero attached hydrogens (tertiary/aromatic N) is 2. The Morgan fingerprint density at radius 3 is 2.35 bits per heavy atom. The molecule has 0 saturated heterocycles. The number of carbonyl (C=O) groups is 2. The van der Waals surface area contributed by atoms with Crippen molar-refractivity contribution in [3.05, 3.63) is 64.9 Å². The lowest BCUT2D eigenvalue weighted by Crippen LogP contribution is -2.51. The molecule has 0 spiro atoms. The monoisotopic (exact) mass is 469 g/mol. The molecule has 2 aromatic carbocycles. The van der Waals surface area contributed by atoms with E-state index in [1.54, 1.807) is 6.92 Å². The van der Waals surface area contributed by atoms with E-state index in [4.69, 9.17) is 11.6 Å². The van der Waals surface area contributed by atoms with E-state index in [1.807, 2.05) is 30.3 Å². The summed E-state index contributed by atoms with van der Waals surface area (Å²) in [5.41, 5.74) is 1.02. The lowest BCUT2D eigenvalue weighted by Gasteiger charge is -2.31. The number of benzene rings is 2. The van der Waals surface area contributed by atoms with Gasteiger partial charge < -0.3 is 10.2 Å². The number of likely N-dealkylation sites (N-methyl/N-ethyl adjacent to an activating group) is 1. The van der Waals surface area contributed by atoms with E-state index in [9.17, 15) is 22.4 Å². The summed E-state index contributed by atoms with van der Waals surface area (Å²) >= 11 is 5.79. The Balaban J connectivity index is 2.31. The summed E-state index contributed by atoms with van der Waals surface area (Å²) in [5, 5.41) is 2.24. The lowest BCUT2D eigenvalue weighted by molar-refractivity contribution is -0.138. The van der Waals surface area contributed by atoms with Gasteiger partial charge in [0.25, 0.3) is 0 Å². The highest BCUT2D eigenvalue weighted by Gasteiger charge is 2.29. The van der Waals surface area contributed by atoms with Gasteiger partial charge in [-0.1, -0.05) is 41.9 Å². The molecule has 10 heteroatoms. The third-order valence-corrected chi connectivity index (χ3v) is 6.20. The highest BCUT2D eigenvalue weighted by molar-refractivity contribution is 7.92. The van der Waals surface area contributed by atoms with Gasteiger partial charge in [-0.25, -0.2) is 12.8 Å². The van der Waals surface area contributed by atoms with Crippen LogP contribution in [0.3, 0.4) is 0 Å². The van der Waals surface area contributed by atoms with E-state index in [1.165, 1.54) is 18.0 Å². The van der Waals surface area contributed by atoms with Crippen molar-refractivity contribution in [2.75, 3.05) is 30.7 Å². The first-order chi connectivity index (χ1) is 14.5. The van der Waals surface area contributed by atoms with Crippen LogP contribution < -0.4 is 9.62 Å². The Labute approximate surface area is 186 Å². The van der Waals surface area contributed by atoms with E-state index in [2.05, 4.69) is 5.32 Å². The number of halogens is 2. The molecule has 1 atom stereocenters. The Morgan fingerprint density at radius 1 is 1.16 bits per heavy atom. The maximum Gasteiger partial charge on any atom is 0.244 e. The second-order valence-electron chi connectivity index (χ2n) is 6.98. The van der Waals surface area contributed by atoms with Crippen molar-refractivity contribution in [1.82, 2.24) is 10.2 Å². The number of hydrogen-bond donors (Lipinski definition) is 1. The summed E-state index contributed by atoms with van der Waals surface area (Å²) in [6.45, 7) is 1.22. The van der Waals surface area contributed by atoms with Gasteiger partial charge >= 0.3 is 0 Å². The number of nitrogens with one attached hydrogen (secondary N) is 1. The third kappa shape index (κ3) is 6.67. The van der Waals surface area contributed by atoms with Gasteiger partial charge in [-0.05, 0) is 37.1 Å². The minimum absolute atomic E-state index is 0.0536. The van der Waals surface area contributed by atoms with E-state index in [0.29, 0.717) is 6.42 Å². The van der Waals surface area contributed by atoms with Crippen molar-refractivity contribution in [2.45, 2.75) is 19.4 Å². The van der Waals surface area contributed by atoms with Crippen LogP contribution in [0.2, 0.25) is 5.02 Å². The third-order valence-electron chi connectivity index (χ3n) is 4.77. The van der Waals surface area contributed by atoms with Crippen molar-refractivity contribution >= 4 is 39.1 Å². The van der Waals surface area contributed by atoms with Gasteiger partial charge in [0.1, 0.15) is 18.4 Å². The lowest BCUT2D eigenvalue weighted by atomic mass is 10.1. The molecule has 2 aromatic rings. The number of anilines is 1. The molecule has 0 aliphatic rings. The maximum absolute atomic E-state index is 13.5. The SMILES string of the molecule is CNC(=O)C(C)N(CCc1ccccc1)C(=O)CN(c1ccc(F)c(Cl)c1)S(C)(=O)=O. The zero-order chi connectivity index (χ0) is 23.2. The smallest absolute Gasteiger partial charge is 0.244 e. The van der Waals surface area contributed by atoms with Crippen molar-refractivity contribution in [3.8, 4) is 0 Å². The first-order valence-electron chi connectivity index (χ1n) is 9.52. The van der Waals surface area contributed by atoms with Gasteiger partial charge in [0, 0.05) is 13.6 Å². The highest BCUT2D eigenvalue weighted by Crippen LogP contribution is 2.24. The topological polar surface area (TPSA) is 86.8 Å². The molecule has 168 valence electrons. The Kier molecular flexibility index (Phi) is 8.41. The van der Waals surface area contributed by atoms with Crippen LogP contribution in [-0.4, -0.2) is 57.6 Å². The second-order valence-corrected chi connectivity index (χ2v) is 9.30. The van der Waals surface area contributed by atoms with Crippen LogP contribution in [0.15, 0.2) is 48.5 Å². The highest BCUT2D eigenvalue weighted by atomic mass is 35.5. The molecule has 31 heavy (non-hydrogen) atoms. The number of hydrogen-bond acceptors (Lipinski definition) is 4. The van der Waals surface area contributed by atoms with Crippen molar-refractivity contribution < 1.29 is 22.4 Å². The van der Waals surface area contributed by atoms with Crippen LogP contribution in [0.4, 0.5) is 10.1 Å². The fraction of sp³-hybridized carbons (Fsp3) is 0.333. The molecule has 0 aliphatic carbocycles. The average Bonchev–Trinajstić information content (AvgIpc) is 2.73. The molecule has 2 rings (SSSR count). The van der Waals surface area contributed by atoms with Crippen molar-refractivity contribution in [3.63, 3.8) is 0 Å². The molecule has 1 unspecified atom stereocenters. The zero-order valence-corrected chi connectivity index (χ0v) is 19.1. The van der Waals surface area contributed by atoms with Crippen LogP contribution in [0.5, 0.6) is 0 Å². The van der Waals surface area contributed by atoms with Crippen molar-refractivity contribution in [1.29, 1.82) is 0 Å². The summed E-state index contributed by atoms with van der Waals surface area (Å²) in [6, 6.07) is 12.0. The van der Waals surface area contributed by atoms with Crippen LogP contribution in [-0.2, 0) is 26.0 Å². The summed E-state index contributed by atoms with van der Waals surface area (Å²) in [4.78, 5) is 26.7. The number of sulfonamides is 1. The van der Waals surface area contributed by atoms with Crippen molar-refractivity contribution in [2.24, 2.45) is 0 Å².